The van der Waals surface area contributed by atoms with E-state index in [9.17, 15) is 15.0 Å². The Labute approximate surface area is 114 Å². The highest BCUT2D eigenvalue weighted by Crippen LogP contribution is 2.18. The summed E-state index contributed by atoms with van der Waals surface area (Å²) >= 11 is 0. The molecule has 0 aliphatic rings. The molecule has 0 bridgehead atoms. The van der Waals surface area contributed by atoms with E-state index in [1.807, 2.05) is 44.2 Å². The molecule has 0 saturated carbocycles. The van der Waals surface area contributed by atoms with Crippen LogP contribution in [0.4, 0.5) is 0 Å². The molecule has 1 aromatic carbocycles. The van der Waals surface area contributed by atoms with E-state index in [4.69, 9.17) is 5.73 Å². The third kappa shape index (κ3) is 5.01. The SMILES string of the molecule is CC(C)C[C@H](N)[C@@H](O)C(Cc1ccccc1)C(=O)O. The van der Waals surface area contributed by atoms with Gasteiger partial charge in [-0.1, -0.05) is 44.2 Å². The van der Waals surface area contributed by atoms with E-state index in [-0.39, 0.29) is 0 Å². The van der Waals surface area contributed by atoms with Crippen LogP contribution in [0.1, 0.15) is 25.8 Å². The Morgan fingerprint density at radius 2 is 1.84 bits per heavy atom. The molecule has 4 N–H and O–H groups in total. The van der Waals surface area contributed by atoms with E-state index in [1.165, 1.54) is 0 Å². The molecule has 0 heterocycles. The van der Waals surface area contributed by atoms with Crippen LogP contribution in [0, 0.1) is 11.8 Å². The molecule has 4 heteroatoms. The van der Waals surface area contributed by atoms with Crippen molar-refractivity contribution in [1.29, 1.82) is 0 Å². The van der Waals surface area contributed by atoms with Crippen LogP contribution in [0.15, 0.2) is 30.3 Å². The van der Waals surface area contributed by atoms with Crippen molar-refractivity contribution < 1.29 is 15.0 Å². The molecular weight excluding hydrogens is 242 g/mol. The molecule has 1 rings (SSSR count). The predicted molar refractivity (Wildman–Crippen MR) is 74.7 cm³/mol. The van der Waals surface area contributed by atoms with E-state index in [0.29, 0.717) is 18.8 Å². The van der Waals surface area contributed by atoms with Crippen LogP contribution < -0.4 is 5.73 Å². The molecule has 0 aliphatic carbocycles. The van der Waals surface area contributed by atoms with Crippen molar-refractivity contribution in [2.75, 3.05) is 0 Å². The normalized spacial score (nSPS) is 16.1. The van der Waals surface area contributed by atoms with Gasteiger partial charge in [0.1, 0.15) is 0 Å². The number of carbonyl (C=O) groups is 1. The lowest BCUT2D eigenvalue weighted by molar-refractivity contribution is -0.146. The Morgan fingerprint density at radius 1 is 1.26 bits per heavy atom. The van der Waals surface area contributed by atoms with Crippen molar-refractivity contribution in [2.24, 2.45) is 17.6 Å². The van der Waals surface area contributed by atoms with Crippen molar-refractivity contribution >= 4 is 5.97 Å². The topological polar surface area (TPSA) is 83.5 Å². The van der Waals surface area contributed by atoms with Crippen LogP contribution in [-0.4, -0.2) is 28.3 Å². The summed E-state index contributed by atoms with van der Waals surface area (Å²) < 4.78 is 0. The summed E-state index contributed by atoms with van der Waals surface area (Å²) in [4.78, 5) is 11.3. The molecular formula is C15H23NO3. The van der Waals surface area contributed by atoms with Crippen LogP contribution in [0.25, 0.3) is 0 Å². The molecule has 4 nitrogen and oxygen atoms in total. The molecule has 0 saturated heterocycles. The summed E-state index contributed by atoms with van der Waals surface area (Å²) in [6, 6.07) is 8.79. The van der Waals surface area contributed by atoms with Gasteiger partial charge in [-0.05, 0) is 24.3 Å². The van der Waals surface area contributed by atoms with Crippen molar-refractivity contribution in [3.63, 3.8) is 0 Å². The van der Waals surface area contributed by atoms with Gasteiger partial charge in [-0.2, -0.15) is 0 Å². The highest BCUT2D eigenvalue weighted by Gasteiger charge is 2.31. The van der Waals surface area contributed by atoms with Gasteiger partial charge >= 0.3 is 5.97 Å². The molecule has 1 aromatic rings. The zero-order valence-electron chi connectivity index (χ0n) is 11.5. The number of carboxylic acids is 1. The largest absolute Gasteiger partial charge is 0.481 e. The Kier molecular flexibility index (Phi) is 5.99. The van der Waals surface area contributed by atoms with Crippen molar-refractivity contribution in [3.8, 4) is 0 Å². The lowest BCUT2D eigenvalue weighted by Crippen LogP contribution is -2.44. The summed E-state index contributed by atoms with van der Waals surface area (Å²) in [7, 11) is 0. The molecule has 0 fully saturated rings. The predicted octanol–water partition coefficient (Wildman–Crippen LogP) is 1.66. The van der Waals surface area contributed by atoms with Crippen LogP contribution in [0.3, 0.4) is 0 Å². The lowest BCUT2D eigenvalue weighted by atomic mass is 9.87. The number of carboxylic acid groups (broad SMARTS) is 1. The number of aliphatic hydroxyl groups excluding tert-OH is 1. The summed E-state index contributed by atoms with van der Waals surface area (Å²) in [6.07, 6.45) is -0.122. The summed E-state index contributed by atoms with van der Waals surface area (Å²) in [5.41, 5.74) is 6.79. The fourth-order valence-corrected chi connectivity index (χ4v) is 2.20. The first-order valence-electron chi connectivity index (χ1n) is 6.62. The Bertz CT molecular complexity index is 392. The van der Waals surface area contributed by atoms with Gasteiger partial charge in [-0.25, -0.2) is 0 Å². The molecule has 0 aliphatic heterocycles. The Hall–Kier alpha value is -1.39. The van der Waals surface area contributed by atoms with Crippen molar-refractivity contribution in [3.05, 3.63) is 35.9 Å². The Morgan fingerprint density at radius 3 is 2.32 bits per heavy atom. The molecule has 0 aromatic heterocycles. The van der Waals surface area contributed by atoms with Crippen molar-refractivity contribution in [1.82, 2.24) is 0 Å². The molecule has 0 radical (unpaired) electrons. The van der Waals surface area contributed by atoms with Gasteiger partial charge in [0.2, 0.25) is 0 Å². The van der Waals surface area contributed by atoms with Gasteiger partial charge in [0.05, 0.1) is 12.0 Å². The van der Waals surface area contributed by atoms with E-state index < -0.39 is 24.0 Å². The third-order valence-corrected chi connectivity index (χ3v) is 3.21. The van der Waals surface area contributed by atoms with Crippen LogP contribution in [-0.2, 0) is 11.2 Å². The fourth-order valence-electron chi connectivity index (χ4n) is 2.20. The summed E-state index contributed by atoms with van der Waals surface area (Å²) in [5, 5.41) is 19.4. The fraction of sp³-hybridized carbons (Fsp3) is 0.533. The number of rotatable bonds is 7. The monoisotopic (exact) mass is 265 g/mol. The maximum absolute atomic E-state index is 11.3. The smallest absolute Gasteiger partial charge is 0.309 e. The highest BCUT2D eigenvalue weighted by molar-refractivity contribution is 5.71. The number of benzene rings is 1. The maximum atomic E-state index is 11.3. The van der Waals surface area contributed by atoms with E-state index >= 15 is 0 Å². The van der Waals surface area contributed by atoms with Crippen molar-refractivity contribution in [2.45, 2.75) is 38.8 Å². The molecule has 0 spiro atoms. The summed E-state index contributed by atoms with van der Waals surface area (Å²) in [5.74, 6) is -1.54. The second-order valence-corrected chi connectivity index (χ2v) is 5.42. The first kappa shape index (κ1) is 15.7. The van der Waals surface area contributed by atoms with Crippen LogP contribution >= 0.6 is 0 Å². The first-order chi connectivity index (χ1) is 8.91. The average Bonchev–Trinajstić information content (AvgIpc) is 2.35. The zero-order chi connectivity index (χ0) is 14.4. The second-order valence-electron chi connectivity index (χ2n) is 5.42. The number of hydrogen-bond acceptors (Lipinski definition) is 3. The van der Waals surface area contributed by atoms with Gasteiger partial charge in [-0.15, -0.1) is 0 Å². The number of aliphatic hydroxyl groups is 1. The third-order valence-electron chi connectivity index (χ3n) is 3.21. The van der Waals surface area contributed by atoms with E-state index in [2.05, 4.69) is 0 Å². The lowest BCUT2D eigenvalue weighted by Gasteiger charge is -2.26. The van der Waals surface area contributed by atoms with Gasteiger partial charge in [-0.3, -0.25) is 4.79 Å². The van der Waals surface area contributed by atoms with Gasteiger partial charge in [0.15, 0.2) is 0 Å². The Balaban J connectivity index is 2.74. The standard InChI is InChI=1S/C15H23NO3/c1-10(2)8-13(16)14(17)12(15(18)19)9-11-6-4-3-5-7-11/h3-7,10,12-14,17H,8-9,16H2,1-2H3,(H,18,19)/t12?,13-,14-/m0/s1. The number of hydrogen-bond donors (Lipinski definition) is 3. The molecule has 3 atom stereocenters. The van der Waals surface area contributed by atoms with Crippen LogP contribution in [0.2, 0.25) is 0 Å². The number of aliphatic carboxylic acids is 1. The van der Waals surface area contributed by atoms with E-state index in [1.54, 1.807) is 0 Å². The maximum Gasteiger partial charge on any atom is 0.309 e. The first-order valence-corrected chi connectivity index (χ1v) is 6.62. The minimum Gasteiger partial charge on any atom is -0.481 e. The quantitative estimate of drug-likeness (QED) is 0.700. The zero-order valence-corrected chi connectivity index (χ0v) is 11.5. The highest BCUT2D eigenvalue weighted by atomic mass is 16.4. The average molecular weight is 265 g/mol. The van der Waals surface area contributed by atoms with Crippen LogP contribution in [0.5, 0.6) is 0 Å². The van der Waals surface area contributed by atoms with Gasteiger partial charge in [0, 0.05) is 6.04 Å². The number of nitrogens with two attached hydrogens (primary N) is 1. The minimum absolute atomic E-state index is 0.295. The second kappa shape index (κ2) is 7.26. The minimum atomic E-state index is -1.03. The molecule has 19 heavy (non-hydrogen) atoms. The van der Waals surface area contributed by atoms with Gasteiger partial charge < -0.3 is 15.9 Å². The summed E-state index contributed by atoms with van der Waals surface area (Å²) in [6.45, 7) is 4.00. The van der Waals surface area contributed by atoms with E-state index in [0.717, 1.165) is 5.56 Å². The molecule has 0 amide bonds. The van der Waals surface area contributed by atoms with Gasteiger partial charge in [0.25, 0.3) is 0 Å². The molecule has 106 valence electrons. The molecule has 1 unspecified atom stereocenters.